The molecule has 0 saturated carbocycles. The molecule has 31 heavy (non-hydrogen) atoms. The molecule has 1 aliphatic rings. The average molecular weight is 420 g/mol. The monoisotopic (exact) mass is 419 g/mol. The van der Waals surface area contributed by atoms with Gasteiger partial charge in [-0.3, -0.25) is 0 Å². The summed E-state index contributed by atoms with van der Waals surface area (Å²) in [6, 6.07) is 20.4. The second kappa shape index (κ2) is 10.3. The number of anilines is 1. The Balaban J connectivity index is 1.33. The minimum absolute atomic E-state index is 0.0802. The first-order valence-corrected chi connectivity index (χ1v) is 10.7. The van der Waals surface area contributed by atoms with E-state index < -0.39 is 6.10 Å². The number of aromatic nitrogens is 2. The van der Waals surface area contributed by atoms with E-state index in [4.69, 9.17) is 4.74 Å². The van der Waals surface area contributed by atoms with Gasteiger partial charge in [0, 0.05) is 37.3 Å². The molecule has 4 N–H and O–H groups in total. The Bertz CT molecular complexity index is 952. The first kappa shape index (κ1) is 21.2. The third-order valence-electron chi connectivity index (χ3n) is 5.53. The van der Waals surface area contributed by atoms with Crippen molar-refractivity contribution in [1.82, 2.24) is 20.6 Å². The Morgan fingerprint density at radius 1 is 1.10 bits per heavy atom. The second-order valence-corrected chi connectivity index (χ2v) is 7.66. The first-order chi connectivity index (χ1) is 15.2. The number of aliphatic hydroxyl groups is 1. The molecule has 0 bridgehead atoms. The normalized spacial score (nSPS) is 19.2. The first-order valence-electron chi connectivity index (χ1n) is 10.7. The van der Waals surface area contributed by atoms with Crippen LogP contribution in [0.1, 0.15) is 18.0 Å². The highest BCUT2D eigenvalue weighted by Crippen LogP contribution is 2.23. The van der Waals surface area contributed by atoms with Gasteiger partial charge in [-0.2, -0.15) is 0 Å². The fourth-order valence-corrected chi connectivity index (χ4v) is 3.75. The average Bonchev–Trinajstić information content (AvgIpc) is 3.22. The number of benzene rings is 2. The molecule has 0 amide bonds. The van der Waals surface area contributed by atoms with Crippen molar-refractivity contribution in [1.29, 1.82) is 0 Å². The van der Waals surface area contributed by atoms with E-state index in [0.29, 0.717) is 25.6 Å². The van der Waals surface area contributed by atoms with Crippen molar-refractivity contribution < 1.29 is 9.84 Å². The highest BCUT2D eigenvalue weighted by Gasteiger charge is 2.25. The van der Waals surface area contributed by atoms with E-state index >= 15 is 0 Å². The van der Waals surface area contributed by atoms with E-state index in [-0.39, 0.29) is 12.1 Å². The lowest BCUT2D eigenvalue weighted by atomic mass is 10.0. The number of ether oxygens (including phenoxy) is 1. The largest absolute Gasteiger partial charge is 0.494 e. The predicted molar refractivity (Wildman–Crippen MR) is 122 cm³/mol. The van der Waals surface area contributed by atoms with Crippen molar-refractivity contribution >= 4 is 5.95 Å². The number of nitrogens with zero attached hydrogens (tertiary/aromatic N) is 2. The predicted octanol–water partition coefficient (Wildman–Crippen LogP) is 2.62. The van der Waals surface area contributed by atoms with Gasteiger partial charge in [0.25, 0.3) is 0 Å². The molecule has 1 aliphatic heterocycles. The van der Waals surface area contributed by atoms with Gasteiger partial charge in [0.15, 0.2) is 0 Å². The van der Waals surface area contributed by atoms with Crippen LogP contribution in [0.25, 0.3) is 11.3 Å². The molecule has 4 rings (SSSR count). The van der Waals surface area contributed by atoms with Gasteiger partial charge in [-0.15, -0.1) is 0 Å². The Hall–Kier alpha value is -3.00. The number of nitrogens with one attached hydrogen (secondary N) is 3. The number of β-amino-alcohol motifs (C(OH)–C–C–N with tert-alkyl or cyclic N) is 1. The number of rotatable bonds is 9. The second-order valence-electron chi connectivity index (χ2n) is 7.66. The van der Waals surface area contributed by atoms with E-state index in [2.05, 4.69) is 50.2 Å². The summed E-state index contributed by atoms with van der Waals surface area (Å²) < 4.78 is 5.96. The molecule has 2 heterocycles. The van der Waals surface area contributed by atoms with Gasteiger partial charge in [0.2, 0.25) is 5.95 Å². The molecule has 7 nitrogen and oxygen atoms in total. The highest BCUT2D eigenvalue weighted by molar-refractivity contribution is 5.61. The van der Waals surface area contributed by atoms with Crippen molar-refractivity contribution in [2.45, 2.75) is 24.6 Å². The van der Waals surface area contributed by atoms with Gasteiger partial charge in [-0.25, -0.2) is 9.97 Å². The molecule has 0 spiro atoms. The van der Waals surface area contributed by atoms with Crippen molar-refractivity contribution in [3.05, 3.63) is 72.4 Å². The molecule has 162 valence electrons. The summed E-state index contributed by atoms with van der Waals surface area (Å²) in [4.78, 5) is 8.87. The highest BCUT2D eigenvalue weighted by atomic mass is 16.5. The molecule has 3 aromatic rings. The Morgan fingerprint density at radius 2 is 1.90 bits per heavy atom. The Morgan fingerprint density at radius 3 is 2.61 bits per heavy atom. The van der Waals surface area contributed by atoms with Crippen LogP contribution in [-0.4, -0.2) is 54.0 Å². The van der Waals surface area contributed by atoms with Crippen LogP contribution >= 0.6 is 0 Å². The van der Waals surface area contributed by atoms with E-state index in [0.717, 1.165) is 23.4 Å². The van der Waals surface area contributed by atoms with Crippen LogP contribution in [0.5, 0.6) is 5.75 Å². The molecule has 7 heteroatoms. The molecule has 1 saturated heterocycles. The molecule has 0 aliphatic carbocycles. The summed E-state index contributed by atoms with van der Waals surface area (Å²) in [7, 11) is 1.97. The SMILES string of the molecule is CN[C@@H](CCOc1ccc(-c2ccnc(N[C@H]3CNC[C@@H]3O)n2)cc1)c1ccccc1. The van der Waals surface area contributed by atoms with Gasteiger partial charge in [0.1, 0.15) is 5.75 Å². The molecule has 0 radical (unpaired) electrons. The van der Waals surface area contributed by atoms with Crippen molar-refractivity contribution in [2.75, 3.05) is 32.1 Å². The third-order valence-corrected chi connectivity index (χ3v) is 5.53. The van der Waals surface area contributed by atoms with Crippen LogP contribution < -0.4 is 20.7 Å². The molecule has 3 atom stereocenters. The summed E-state index contributed by atoms with van der Waals surface area (Å²) in [5, 5.41) is 19.7. The summed E-state index contributed by atoms with van der Waals surface area (Å²) in [5.41, 5.74) is 3.07. The van der Waals surface area contributed by atoms with Crippen LogP contribution in [0, 0.1) is 0 Å². The minimum atomic E-state index is -0.437. The zero-order valence-electron chi connectivity index (χ0n) is 17.7. The standard InChI is InChI=1S/C24H29N5O2/c1-25-20(17-5-3-2-4-6-17)12-14-31-19-9-7-18(8-10-19)21-11-13-27-24(28-21)29-22-15-26-16-23(22)30/h2-11,13,20,22-23,25-26,30H,12,14-16H2,1H3,(H,27,28,29)/t20-,22-,23-/m0/s1. The van der Waals surface area contributed by atoms with Crippen LogP contribution in [-0.2, 0) is 0 Å². The van der Waals surface area contributed by atoms with Crippen molar-refractivity contribution in [3.63, 3.8) is 0 Å². The molecule has 1 fully saturated rings. The molecular formula is C24H29N5O2. The Labute approximate surface area is 182 Å². The fraction of sp³-hybridized carbons (Fsp3) is 0.333. The van der Waals surface area contributed by atoms with Crippen molar-refractivity contribution in [2.24, 2.45) is 0 Å². The lowest BCUT2D eigenvalue weighted by Crippen LogP contribution is -2.32. The number of hydrogen-bond acceptors (Lipinski definition) is 7. The summed E-state index contributed by atoms with van der Waals surface area (Å²) in [5.74, 6) is 1.35. The maximum atomic E-state index is 9.95. The lowest BCUT2D eigenvalue weighted by molar-refractivity contribution is 0.185. The molecular weight excluding hydrogens is 390 g/mol. The van der Waals surface area contributed by atoms with Crippen molar-refractivity contribution in [3.8, 4) is 17.0 Å². The lowest BCUT2D eigenvalue weighted by Gasteiger charge is -2.17. The van der Waals surface area contributed by atoms with Crippen LogP contribution in [0.2, 0.25) is 0 Å². The summed E-state index contributed by atoms with van der Waals surface area (Å²) in [6.07, 6.45) is 2.17. The molecule has 0 unspecified atom stereocenters. The van der Waals surface area contributed by atoms with Gasteiger partial charge >= 0.3 is 0 Å². The van der Waals surface area contributed by atoms with Gasteiger partial charge in [-0.1, -0.05) is 30.3 Å². The maximum absolute atomic E-state index is 9.95. The van der Waals surface area contributed by atoms with E-state index in [1.165, 1.54) is 5.56 Å². The summed E-state index contributed by atoms with van der Waals surface area (Å²) in [6.45, 7) is 1.90. The quantitative estimate of drug-likeness (QED) is 0.424. The van der Waals surface area contributed by atoms with Gasteiger partial charge in [0.05, 0.1) is 24.4 Å². The fourth-order valence-electron chi connectivity index (χ4n) is 3.75. The molecule has 1 aromatic heterocycles. The maximum Gasteiger partial charge on any atom is 0.223 e. The van der Waals surface area contributed by atoms with Crippen LogP contribution in [0.4, 0.5) is 5.95 Å². The zero-order chi connectivity index (χ0) is 21.5. The number of aliphatic hydroxyl groups excluding tert-OH is 1. The third kappa shape index (κ3) is 5.58. The van der Waals surface area contributed by atoms with Crippen LogP contribution in [0.15, 0.2) is 66.9 Å². The number of hydrogen-bond donors (Lipinski definition) is 4. The smallest absolute Gasteiger partial charge is 0.223 e. The topological polar surface area (TPSA) is 91.3 Å². The van der Waals surface area contributed by atoms with E-state index in [1.807, 2.05) is 43.4 Å². The van der Waals surface area contributed by atoms with E-state index in [9.17, 15) is 5.11 Å². The minimum Gasteiger partial charge on any atom is -0.494 e. The molecule has 2 aromatic carbocycles. The Kier molecular flexibility index (Phi) is 7.09. The van der Waals surface area contributed by atoms with Gasteiger partial charge < -0.3 is 25.8 Å². The summed E-state index contributed by atoms with van der Waals surface area (Å²) >= 11 is 0. The zero-order valence-corrected chi connectivity index (χ0v) is 17.7. The van der Waals surface area contributed by atoms with E-state index in [1.54, 1.807) is 6.20 Å². The van der Waals surface area contributed by atoms with Gasteiger partial charge in [-0.05, 0) is 42.9 Å². The van der Waals surface area contributed by atoms with Crippen LogP contribution in [0.3, 0.4) is 0 Å².